The normalized spacial score (nSPS) is 26.8. The first-order chi connectivity index (χ1) is 9.72. The van der Waals surface area contributed by atoms with Gasteiger partial charge in [0.15, 0.2) is 0 Å². The van der Waals surface area contributed by atoms with Crippen LogP contribution in [0.5, 0.6) is 0 Å². The van der Waals surface area contributed by atoms with E-state index in [1.165, 1.54) is 36.1 Å². The molecule has 2 unspecified atom stereocenters. The molecular weight excluding hydrogens is 266 g/mol. The van der Waals surface area contributed by atoms with Crippen molar-refractivity contribution in [3.8, 4) is 0 Å². The average Bonchev–Trinajstić information content (AvgIpc) is 2.94. The van der Waals surface area contributed by atoms with Crippen molar-refractivity contribution in [2.75, 3.05) is 12.9 Å². The van der Waals surface area contributed by atoms with Crippen molar-refractivity contribution in [3.05, 3.63) is 29.8 Å². The van der Waals surface area contributed by atoms with E-state index in [0.717, 1.165) is 19.4 Å². The summed E-state index contributed by atoms with van der Waals surface area (Å²) in [6.07, 6.45) is 9.49. The summed E-state index contributed by atoms with van der Waals surface area (Å²) in [5.74, 6) is 0.571. The van der Waals surface area contributed by atoms with Gasteiger partial charge in [0.05, 0.1) is 5.60 Å². The summed E-state index contributed by atoms with van der Waals surface area (Å²) in [5.41, 5.74) is 8.00. The number of hydrogen-bond acceptors (Lipinski definition) is 3. The summed E-state index contributed by atoms with van der Waals surface area (Å²) in [6.45, 7) is 0.890. The fourth-order valence-corrected chi connectivity index (χ4v) is 4.25. The third-order valence-electron chi connectivity index (χ3n) is 5.05. The highest BCUT2D eigenvalue weighted by Crippen LogP contribution is 2.44. The topological polar surface area (TPSA) is 35.2 Å². The molecule has 0 amide bonds. The molecule has 0 radical (unpaired) electrons. The molecule has 2 aliphatic rings. The first-order valence-electron chi connectivity index (χ1n) is 7.76. The lowest BCUT2D eigenvalue weighted by atomic mass is 9.79. The van der Waals surface area contributed by atoms with Gasteiger partial charge in [-0.25, -0.2) is 0 Å². The van der Waals surface area contributed by atoms with E-state index in [0.29, 0.717) is 5.92 Å². The quantitative estimate of drug-likeness (QED) is 0.850. The van der Waals surface area contributed by atoms with Crippen LogP contribution in [0.4, 0.5) is 0 Å². The van der Waals surface area contributed by atoms with E-state index >= 15 is 0 Å². The van der Waals surface area contributed by atoms with Crippen LogP contribution >= 0.6 is 11.8 Å². The lowest BCUT2D eigenvalue weighted by Gasteiger charge is -2.40. The first-order valence-corrected chi connectivity index (χ1v) is 8.98. The van der Waals surface area contributed by atoms with Gasteiger partial charge in [-0.15, -0.1) is 11.8 Å². The van der Waals surface area contributed by atoms with E-state index in [4.69, 9.17) is 10.5 Å². The molecule has 2 atom stereocenters. The van der Waals surface area contributed by atoms with Gasteiger partial charge in [0.25, 0.3) is 0 Å². The van der Waals surface area contributed by atoms with Gasteiger partial charge in [0, 0.05) is 17.5 Å². The Hall–Kier alpha value is -0.510. The minimum absolute atomic E-state index is 0.160. The highest BCUT2D eigenvalue weighted by molar-refractivity contribution is 7.98. The predicted molar refractivity (Wildman–Crippen MR) is 85.0 cm³/mol. The molecular formula is C17H25NOS. The number of hydrogen-bond donors (Lipinski definition) is 1. The highest BCUT2D eigenvalue weighted by Gasteiger charge is 2.41. The molecule has 20 heavy (non-hydrogen) atoms. The van der Waals surface area contributed by atoms with Crippen molar-refractivity contribution < 1.29 is 4.74 Å². The fourth-order valence-electron chi connectivity index (χ4n) is 3.84. The number of rotatable bonds is 3. The van der Waals surface area contributed by atoms with Crippen LogP contribution in [0.15, 0.2) is 29.2 Å². The van der Waals surface area contributed by atoms with Crippen molar-refractivity contribution >= 4 is 11.8 Å². The van der Waals surface area contributed by atoms with Gasteiger partial charge in [-0.3, -0.25) is 0 Å². The zero-order valence-corrected chi connectivity index (χ0v) is 13.1. The van der Waals surface area contributed by atoms with E-state index in [1.54, 1.807) is 11.8 Å². The third-order valence-corrected chi connectivity index (χ3v) is 5.80. The van der Waals surface area contributed by atoms with E-state index in [2.05, 4.69) is 30.5 Å². The molecule has 3 heteroatoms. The maximum atomic E-state index is 6.55. The molecule has 1 spiro atoms. The van der Waals surface area contributed by atoms with Crippen LogP contribution in [0.2, 0.25) is 0 Å². The summed E-state index contributed by atoms with van der Waals surface area (Å²) < 4.78 is 6.12. The summed E-state index contributed by atoms with van der Waals surface area (Å²) in [5, 5.41) is 0. The summed E-state index contributed by atoms with van der Waals surface area (Å²) in [7, 11) is 0. The number of nitrogens with two attached hydrogens (primary N) is 1. The molecule has 0 aromatic heterocycles. The molecule has 110 valence electrons. The highest BCUT2D eigenvalue weighted by atomic mass is 32.2. The van der Waals surface area contributed by atoms with Gasteiger partial charge in [-0.2, -0.15) is 0 Å². The fraction of sp³-hybridized carbons (Fsp3) is 0.647. The summed E-state index contributed by atoms with van der Waals surface area (Å²) in [4.78, 5) is 1.31. The average molecular weight is 291 g/mol. The Bertz CT molecular complexity index is 439. The standard InChI is InChI=1S/C17H25NOS/c1-20-15-6-4-13(5-7-15)16(18)14-8-11-19-17(12-14)9-2-3-10-17/h4-7,14,16H,2-3,8-12,18H2,1H3. The molecule has 1 saturated heterocycles. The molecule has 2 fully saturated rings. The zero-order valence-electron chi connectivity index (χ0n) is 12.3. The van der Waals surface area contributed by atoms with Gasteiger partial charge >= 0.3 is 0 Å². The molecule has 1 aliphatic carbocycles. The van der Waals surface area contributed by atoms with Crippen LogP contribution in [0.25, 0.3) is 0 Å². The van der Waals surface area contributed by atoms with E-state index in [-0.39, 0.29) is 11.6 Å². The van der Waals surface area contributed by atoms with E-state index in [9.17, 15) is 0 Å². The minimum atomic E-state index is 0.160. The summed E-state index contributed by atoms with van der Waals surface area (Å²) in [6, 6.07) is 8.93. The van der Waals surface area contributed by atoms with Crippen LogP contribution in [0.1, 0.15) is 50.1 Å². The van der Waals surface area contributed by atoms with Gasteiger partial charge in [0.1, 0.15) is 0 Å². The Morgan fingerprint density at radius 2 is 1.95 bits per heavy atom. The molecule has 1 aliphatic heterocycles. The van der Waals surface area contributed by atoms with Crippen molar-refractivity contribution in [1.29, 1.82) is 0 Å². The molecule has 1 aromatic rings. The minimum Gasteiger partial charge on any atom is -0.375 e. The smallest absolute Gasteiger partial charge is 0.0685 e. The van der Waals surface area contributed by atoms with Gasteiger partial charge in [-0.05, 0) is 55.6 Å². The molecule has 3 rings (SSSR count). The Kier molecular flexibility index (Phi) is 4.39. The number of ether oxygens (including phenoxy) is 1. The third kappa shape index (κ3) is 2.90. The van der Waals surface area contributed by atoms with E-state index < -0.39 is 0 Å². The van der Waals surface area contributed by atoms with Crippen LogP contribution < -0.4 is 5.73 Å². The number of benzene rings is 1. The van der Waals surface area contributed by atoms with Gasteiger partial charge in [-0.1, -0.05) is 25.0 Å². The lowest BCUT2D eigenvalue weighted by molar-refractivity contribution is -0.0963. The maximum Gasteiger partial charge on any atom is 0.0685 e. The SMILES string of the molecule is CSc1ccc(C(N)C2CCOC3(CCCC3)C2)cc1. The molecule has 2 N–H and O–H groups in total. The van der Waals surface area contributed by atoms with Crippen molar-refractivity contribution in [3.63, 3.8) is 0 Å². The van der Waals surface area contributed by atoms with Gasteiger partial charge in [0.2, 0.25) is 0 Å². The Morgan fingerprint density at radius 1 is 1.25 bits per heavy atom. The zero-order chi connectivity index (χ0) is 14.0. The molecule has 1 aromatic carbocycles. The second-order valence-corrected chi connectivity index (χ2v) is 7.17. The van der Waals surface area contributed by atoms with Crippen LogP contribution in [-0.2, 0) is 4.74 Å². The summed E-state index contributed by atoms with van der Waals surface area (Å²) >= 11 is 1.78. The van der Waals surface area contributed by atoms with Crippen molar-refractivity contribution in [2.45, 2.75) is 55.1 Å². The molecule has 0 bridgehead atoms. The second-order valence-electron chi connectivity index (χ2n) is 6.29. The van der Waals surface area contributed by atoms with Crippen LogP contribution in [0.3, 0.4) is 0 Å². The predicted octanol–water partition coefficient (Wildman–Crippen LogP) is 4.15. The van der Waals surface area contributed by atoms with Crippen LogP contribution in [0, 0.1) is 5.92 Å². The molecule has 2 nitrogen and oxygen atoms in total. The van der Waals surface area contributed by atoms with Crippen molar-refractivity contribution in [2.24, 2.45) is 11.7 Å². The second kappa shape index (κ2) is 6.08. The van der Waals surface area contributed by atoms with Gasteiger partial charge < -0.3 is 10.5 Å². The number of thioether (sulfide) groups is 1. The Labute approximate surface area is 126 Å². The lowest BCUT2D eigenvalue weighted by Crippen LogP contribution is -2.40. The van der Waals surface area contributed by atoms with Crippen molar-refractivity contribution in [1.82, 2.24) is 0 Å². The monoisotopic (exact) mass is 291 g/mol. The van der Waals surface area contributed by atoms with Crippen LogP contribution in [-0.4, -0.2) is 18.5 Å². The Balaban J connectivity index is 1.70. The molecule has 1 heterocycles. The van der Waals surface area contributed by atoms with E-state index in [1.807, 2.05) is 0 Å². The largest absolute Gasteiger partial charge is 0.375 e. The Morgan fingerprint density at radius 3 is 2.60 bits per heavy atom. The molecule has 1 saturated carbocycles. The first kappa shape index (κ1) is 14.4. The maximum absolute atomic E-state index is 6.55.